The molecule has 2 heterocycles. The molecule has 2 aromatic heterocycles. The third-order valence-electron chi connectivity index (χ3n) is 10.0. The Bertz CT molecular complexity index is 2190. The number of benzene rings is 2. The van der Waals surface area contributed by atoms with Gasteiger partial charge in [-0.25, -0.2) is 9.78 Å². The van der Waals surface area contributed by atoms with Crippen LogP contribution in [0.25, 0.3) is 10.9 Å². The molecule has 20 nitrogen and oxygen atoms in total. The van der Waals surface area contributed by atoms with Crippen LogP contribution in [-0.2, 0) is 52.8 Å². The van der Waals surface area contributed by atoms with Crippen LogP contribution < -0.4 is 43.0 Å². The molecule has 2 aromatic carbocycles. The minimum Gasteiger partial charge on any atom is -0.480 e. The number of imidazole rings is 1. The summed E-state index contributed by atoms with van der Waals surface area (Å²) in [7, 11) is 0. The minimum absolute atomic E-state index is 0.00733. The van der Waals surface area contributed by atoms with Gasteiger partial charge in [-0.1, -0.05) is 62.4 Å². The number of nitrogens with one attached hydrogen (secondary N) is 10. The number of carbonyl (C=O) groups is 7. The highest BCUT2D eigenvalue weighted by atomic mass is 16.4. The van der Waals surface area contributed by atoms with E-state index in [2.05, 4.69) is 52.2 Å². The van der Waals surface area contributed by atoms with Crippen LogP contribution in [0, 0.1) is 11.3 Å². The summed E-state index contributed by atoms with van der Waals surface area (Å²) in [6.45, 7) is 6.53. The summed E-state index contributed by atoms with van der Waals surface area (Å²) >= 11 is 0. The normalized spacial score (nSPS) is 13.9. The number of rotatable bonds is 24. The van der Waals surface area contributed by atoms with E-state index in [1.165, 1.54) is 26.4 Å². The number of hydrogen-bond acceptors (Lipinski definition) is 9. The molecule has 4 aromatic rings. The number of carboxylic acid groups (broad SMARTS) is 1. The van der Waals surface area contributed by atoms with Gasteiger partial charge < -0.3 is 58.0 Å². The topological polar surface area (TPSA) is 318 Å². The fourth-order valence-corrected chi connectivity index (χ4v) is 6.84. The summed E-state index contributed by atoms with van der Waals surface area (Å²) < 4.78 is 0. The van der Waals surface area contributed by atoms with E-state index in [0.29, 0.717) is 11.3 Å². The first-order valence-electron chi connectivity index (χ1n) is 20.7. The highest BCUT2D eigenvalue weighted by molar-refractivity contribution is 5.97. The lowest BCUT2D eigenvalue weighted by Gasteiger charge is -2.27. The summed E-state index contributed by atoms with van der Waals surface area (Å²) in [6, 6.07) is 9.16. The molecule has 0 spiro atoms. The van der Waals surface area contributed by atoms with Crippen LogP contribution in [0.5, 0.6) is 0 Å². The van der Waals surface area contributed by atoms with Crippen molar-refractivity contribution in [3.05, 3.63) is 90.1 Å². The van der Waals surface area contributed by atoms with Gasteiger partial charge in [0, 0.05) is 56.0 Å². The smallest absolute Gasteiger partial charge is 0.326 e. The van der Waals surface area contributed by atoms with E-state index < -0.39 is 77.7 Å². The van der Waals surface area contributed by atoms with Crippen molar-refractivity contribution in [1.29, 1.82) is 5.41 Å². The molecule has 0 saturated carbocycles. The third kappa shape index (κ3) is 15.6. The van der Waals surface area contributed by atoms with Crippen molar-refractivity contribution >= 4 is 58.3 Å². The number of hydrogen-bond donors (Lipinski definition) is 12. The van der Waals surface area contributed by atoms with Crippen molar-refractivity contribution in [3.63, 3.8) is 0 Å². The van der Waals surface area contributed by atoms with Gasteiger partial charge in [0.25, 0.3) is 0 Å². The van der Waals surface area contributed by atoms with Gasteiger partial charge in [-0.3, -0.25) is 34.2 Å². The van der Waals surface area contributed by atoms with Gasteiger partial charge in [-0.05, 0) is 49.3 Å². The van der Waals surface area contributed by atoms with E-state index in [9.17, 15) is 38.7 Å². The van der Waals surface area contributed by atoms with Crippen LogP contribution in [0.3, 0.4) is 0 Å². The molecule has 0 aliphatic rings. The van der Waals surface area contributed by atoms with E-state index in [-0.39, 0.29) is 56.9 Å². The number of para-hydroxylation sites is 1. The molecule has 0 aliphatic heterocycles. The lowest BCUT2D eigenvalue weighted by Crippen LogP contribution is -2.60. The average Bonchev–Trinajstić information content (AvgIpc) is 3.90. The molecule has 0 saturated heterocycles. The molecule has 63 heavy (non-hydrogen) atoms. The van der Waals surface area contributed by atoms with Crippen molar-refractivity contribution in [2.24, 2.45) is 11.7 Å². The highest BCUT2D eigenvalue weighted by Gasteiger charge is 2.33. The van der Waals surface area contributed by atoms with Gasteiger partial charge in [-0.15, -0.1) is 0 Å². The maximum Gasteiger partial charge on any atom is 0.326 e. The Labute approximate surface area is 364 Å². The van der Waals surface area contributed by atoms with Gasteiger partial charge >= 0.3 is 5.97 Å². The van der Waals surface area contributed by atoms with Crippen molar-refractivity contribution in [1.82, 2.24) is 52.2 Å². The summed E-state index contributed by atoms with van der Waals surface area (Å²) in [5.41, 5.74) is 7.95. The zero-order valence-corrected chi connectivity index (χ0v) is 35.7. The molecule has 0 unspecified atom stereocenters. The number of nitrogens with zero attached hydrogens (tertiary/aromatic N) is 1. The number of amides is 6. The van der Waals surface area contributed by atoms with Crippen LogP contribution in [0.15, 0.2) is 73.3 Å². The second kappa shape index (κ2) is 23.7. The predicted molar refractivity (Wildman–Crippen MR) is 234 cm³/mol. The van der Waals surface area contributed by atoms with Crippen LogP contribution in [0.4, 0.5) is 0 Å². The Kier molecular flexibility index (Phi) is 18.2. The Morgan fingerprint density at radius 3 is 1.92 bits per heavy atom. The number of aliphatic carboxylic acids is 1. The quantitative estimate of drug-likeness (QED) is 0.0258. The lowest BCUT2D eigenvalue weighted by molar-refractivity contribution is -0.142. The standard InChI is InChI=1S/C43H58N12O8/c1-24(2)17-33(39(59)52-32(42(62)63)15-10-16-47-43(44)45)53-37(57)25(3)50-38(58)36(20-29-22-46-23-49-29)55-41(61)35(19-28-21-48-31-14-9-8-13-30(28)31)54-40(60)34(51-26(4)56)18-27-11-6-5-7-12-27/h5-9,11-14,21-25,32-36,48H,10,15-20H2,1-4H3,(H,46,49)(H,50,58)(H,51,56)(H,52,59)(H,53,57)(H,54,60)(H,55,61)(H,62,63)(H4,44,45,47)/t25-,32-,33-,34-,35-,36-/m0/s1. The van der Waals surface area contributed by atoms with E-state index in [1.807, 2.05) is 56.3 Å². The number of nitrogens with two attached hydrogens (primary N) is 1. The fourth-order valence-electron chi connectivity index (χ4n) is 6.84. The SMILES string of the molecule is CC(=O)N[C@@H](Cc1ccccc1)C(=O)N[C@@H](Cc1c[nH]c2ccccc12)C(=O)N[C@@H](Cc1c[nH]cn1)C(=O)N[C@@H](C)C(=O)N[C@@H](CC(C)C)C(=O)N[C@@H](CCCNC(=N)N)C(=O)O. The van der Waals surface area contributed by atoms with Gasteiger partial charge in [-0.2, -0.15) is 0 Å². The summed E-state index contributed by atoms with van der Waals surface area (Å²) in [6.07, 6.45) is 5.11. The maximum absolute atomic E-state index is 14.4. The largest absolute Gasteiger partial charge is 0.480 e. The fraction of sp³-hybridized carbons (Fsp3) is 0.419. The Morgan fingerprint density at radius 2 is 1.30 bits per heavy atom. The molecule has 0 fully saturated rings. The molecule has 6 amide bonds. The molecule has 0 bridgehead atoms. The maximum atomic E-state index is 14.4. The summed E-state index contributed by atoms with van der Waals surface area (Å²) in [4.78, 5) is 104. The van der Waals surface area contributed by atoms with Crippen LogP contribution in [0.1, 0.15) is 63.8 Å². The van der Waals surface area contributed by atoms with E-state index in [4.69, 9.17) is 11.1 Å². The molecular formula is C43H58N12O8. The molecule has 13 N–H and O–H groups in total. The number of aromatic nitrogens is 3. The number of guanidine groups is 1. The van der Waals surface area contributed by atoms with Crippen molar-refractivity contribution in [3.8, 4) is 0 Å². The number of aromatic amines is 2. The summed E-state index contributed by atoms with van der Waals surface area (Å²) in [5, 5.41) is 36.3. The monoisotopic (exact) mass is 870 g/mol. The highest BCUT2D eigenvalue weighted by Crippen LogP contribution is 2.20. The molecule has 0 radical (unpaired) electrons. The number of carboxylic acids is 1. The minimum atomic E-state index is -1.32. The number of fused-ring (bicyclic) bond motifs is 1. The Hall–Kier alpha value is -7.25. The molecular weight excluding hydrogens is 813 g/mol. The van der Waals surface area contributed by atoms with Gasteiger partial charge in [0.05, 0.1) is 12.0 Å². The zero-order valence-electron chi connectivity index (χ0n) is 35.7. The van der Waals surface area contributed by atoms with E-state index >= 15 is 0 Å². The molecule has 338 valence electrons. The van der Waals surface area contributed by atoms with Crippen LogP contribution in [-0.4, -0.2) is 110 Å². The third-order valence-corrected chi connectivity index (χ3v) is 10.0. The van der Waals surface area contributed by atoms with Gasteiger partial charge in [0.2, 0.25) is 35.4 Å². The lowest BCUT2D eigenvalue weighted by atomic mass is 10.0. The second-order valence-corrected chi connectivity index (χ2v) is 15.7. The Morgan fingerprint density at radius 1 is 0.714 bits per heavy atom. The first-order valence-corrected chi connectivity index (χ1v) is 20.7. The predicted octanol–water partition coefficient (Wildman–Crippen LogP) is 0.261. The molecule has 0 aliphatic carbocycles. The van der Waals surface area contributed by atoms with Crippen LogP contribution >= 0.6 is 0 Å². The number of carbonyl (C=O) groups excluding carboxylic acids is 6. The average molecular weight is 871 g/mol. The summed E-state index contributed by atoms with van der Waals surface area (Å²) in [5.74, 6) is -5.74. The van der Waals surface area contributed by atoms with E-state index in [0.717, 1.165) is 16.5 Å². The first kappa shape index (κ1) is 48.4. The zero-order chi connectivity index (χ0) is 46.1. The second-order valence-electron chi connectivity index (χ2n) is 15.7. The molecule has 6 atom stereocenters. The van der Waals surface area contributed by atoms with Crippen molar-refractivity contribution < 1.29 is 38.7 Å². The van der Waals surface area contributed by atoms with E-state index in [1.54, 1.807) is 18.3 Å². The van der Waals surface area contributed by atoms with Gasteiger partial charge in [0.1, 0.15) is 36.3 Å². The Balaban J connectivity index is 1.53. The van der Waals surface area contributed by atoms with Crippen molar-refractivity contribution in [2.45, 2.75) is 102 Å². The molecule has 4 rings (SSSR count). The first-order chi connectivity index (χ1) is 30.0. The van der Waals surface area contributed by atoms with Crippen LogP contribution in [0.2, 0.25) is 0 Å². The van der Waals surface area contributed by atoms with Crippen molar-refractivity contribution in [2.75, 3.05) is 6.54 Å². The van der Waals surface area contributed by atoms with Gasteiger partial charge in [0.15, 0.2) is 5.96 Å². The number of H-pyrrole nitrogens is 2. The molecule has 20 heteroatoms.